The first-order valence-electron chi connectivity index (χ1n) is 4.20. The van der Waals surface area contributed by atoms with Crippen LogP contribution in [0.1, 0.15) is 48.0 Å². The van der Waals surface area contributed by atoms with Crippen molar-refractivity contribution in [1.82, 2.24) is 0 Å². The molecule has 0 aromatic carbocycles. The van der Waals surface area contributed by atoms with Crippen LogP contribution in [-0.2, 0) is 0 Å². The third kappa shape index (κ3) is 9.96. The van der Waals surface area contributed by atoms with Crippen molar-refractivity contribution >= 4 is 0 Å². The van der Waals surface area contributed by atoms with Crippen molar-refractivity contribution in [1.29, 1.82) is 0 Å². The quantitative estimate of drug-likeness (QED) is 0.670. The number of hydrogen-bond donors (Lipinski definition) is 1. The summed E-state index contributed by atoms with van der Waals surface area (Å²) in [6.07, 6.45) is 1.80. The van der Waals surface area contributed by atoms with Gasteiger partial charge in [-0.1, -0.05) is 35.1 Å². The molecule has 11 heavy (non-hydrogen) atoms. The van der Waals surface area contributed by atoms with E-state index in [4.69, 9.17) is 0 Å². The Hall–Kier alpha value is -0.0400. The molecule has 0 radical (unpaired) electrons. The lowest BCUT2D eigenvalue weighted by atomic mass is 9.98. The second-order valence-electron chi connectivity index (χ2n) is 3.91. The Morgan fingerprint density at radius 2 is 1.18 bits per heavy atom. The van der Waals surface area contributed by atoms with Crippen LogP contribution in [0.15, 0.2) is 0 Å². The maximum absolute atomic E-state index is 9.39. The molecule has 0 amide bonds. The average molecular weight is 160 g/mol. The summed E-state index contributed by atoms with van der Waals surface area (Å²) in [5, 5.41) is 9.39. The average Bonchev–Trinajstić information content (AvgIpc) is 1.58. The molecule has 0 rings (SSSR count). The van der Waals surface area contributed by atoms with Crippen LogP contribution in [0.3, 0.4) is 0 Å². The minimum Gasteiger partial charge on any atom is -0.393 e. The summed E-state index contributed by atoms with van der Waals surface area (Å²) in [5.74, 6) is 1.24. The van der Waals surface area contributed by atoms with Crippen molar-refractivity contribution in [2.24, 2.45) is 11.8 Å². The molecule has 0 aromatic rings. The van der Waals surface area contributed by atoms with Gasteiger partial charge in [0.1, 0.15) is 0 Å². The summed E-state index contributed by atoms with van der Waals surface area (Å²) in [7, 11) is 0. The minimum absolute atomic E-state index is 0. The fourth-order valence-electron chi connectivity index (χ4n) is 1.18. The van der Waals surface area contributed by atoms with Crippen LogP contribution in [0.25, 0.3) is 0 Å². The Labute approximate surface area is 71.8 Å². The van der Waals surface area contributed by atoms with Crippen molar-refractivity contribution in [3.8, 4) is 0 Å². The maximum atomic E-state index is 9.39. The van der Waals surface area contributed by atoms with Gasteiger partial charge in [-0.15, -0.1) is 0 Å². The molecule has 0 aliphatic rings. The standard InChI is InChI=1S/C9H20O.CH4/c1-7(2)5-9(10)6-8(3)4;/h7-10H,5-6H2,1-4H3;1H4. The Morgan fingerprint density at radius 3 is 1.36 bits per heavy atom. The van der Waals surface area contributed by atoms with E-state index in [9.17, 15) is 5.11 Å². The van der Waals surface area contributed by atoms with E-state index < -0.39 is 0 Å². The molecule has 0 bridgehead atoms. The van der Waals surface area contributed by atoms with E-state index in [1.807, 2.05) is 0 Å². The van der Waals surface area contributed by atoms with Crippen LogP contribution < -0.4 is 0 Å². The van der Waals surface area contributed by atoms with Crippen molar-refractivity contribution in [3.05, 3.63) is 0 Å². The Kier molecular flexibility index (Phi) is 8.20. The molecule has 0 aliphatic heterocycles. The lowest BCUT2D eigenvalue weighted by molar-refractivity contribution is 0.125. The molecule has 1 N–H and O–H groups in total. The van der Waals surface area contributed by atoms with Crippen molar-refractivity contribution < 1.29 is 5.11 Å². The summed E-state index contributed by atoms with van der Waals surface area (Å²) < 4.78 is 0. The van der Waals surface area contributed by atoms with Gasteiger partial charge in [0.2, 0.25) is 0 Å². The Morgan fingerprint density at radius 1 is 0.909 bits per heavy atom. The largest absolute Gasteiger partial charge is 0.393 e. The van der Waals surface area contributed by atoms with Crippen LogP contribution in [0, 0.1) is 11.8 Å². The van der Waals surface area contributed by atoms with Gasteiger partial charge in [0.05, 0.1) is 6.10 Å². The first kappa shape index (κ1) is 13.5. The molecular formula is C10H24O. The van der Waals surface area contributed by atoms with Gasteiger partial charge in [-0.05, 0) is 24.7 Å². The van der Waals surface area contributed by atoms with E-state index in [0.29, 0.717) is 11.8 Å². The van der Waals surface area contributed by atoms with E-state index in [1.54, 1.807) is 0 Å². The summed E-state index contributed by atoms with van der Waals surface area (Å²) in [5.41, 5.74) is 0. The molecule has 0 unspecified atom stereocenters. The van der Waals surface area contributed by atoms with E-state index in [-0.39, 0.29) is 13.5 Å². The van der Waals surface area contributed by atoms with Crippen LogP contribution in [0.2, 0.25) is 0 Å². The fraction of sp³-hybridized carbons (Fsp3) is 1.00. The molecule has 0 aliphatic carbocycles. The monoisotopic (exact) mass is 160 g/mol. The van der Waals surface area contributed by atoms with E-state index >= 15 is 0 Å². The molecule has 0 atom stereocenters. The highest BCUT2D eigenvalue weighted by atomic mass is 16.3. The third-order valence-electron chi connectivity index (χ3n) is 1.49. The molecule has 0 spiro atoms. The fourth-order valence-corrected chi connectivity index (χ4v) is 1.18. The molecular weight excluding hydrogens is 136 g/mol. The lowest BCUT2D eigenvalue weighted by Crippen LogP contribution is -2.12. The molecule has 0 aromatic heterocycles. The highest BCUT2D eigenvalue weighted by molar-refractivity contribution is 4.60. The zero-order valence-electron chi connectivity index (χ0n) is 7.59. The number of hydrogen-bond acceptors (Lipinski definition) is 1. The van der Waals surface area contributed by atoms with Gasteiger partial charge in [-0.3, -0.25) is 0 Å². The van der Waals surface area contributed by atoms with Gasteiger partial charge >= 0.3 is 0 Å². The SMILES string of the molecule is C.CC(C)CC(O)CC(C)C. The van der Waals surface area contributed by atoms with Crippen LogP contribution in [-0.4, -0.2) is 11.2 Å². The molecule has 0 saturated heterocycles. The number of aliphatic hydroxyl groups is 1. The molecule has 1 nitrogen and oxygen atoms in total. The van der Waals surface area contributed by atoms with Gasteiger partial charge in [-0.2, -0.15) is 0 Å². The molecule has 0 saturated carbocycles. The topological polar surface area (TPSA) is 20.2 Å². The highest BCUT2D eigenvalue weighted by Crippen LogP contribution is 2.12. The minimum atomic E-state index is -0.0833. The Bertz CT molecular complexity index is 66.9. The zero-order valence-corrected chi connectivity index (χ0v) is 7.59. The lowest BCUT2D eigenvalue weighted by Gasteiger charge is -2.14. The van der Waals surface area contributed by atoms with Crippen molar-refractivity contribution in [2.45, 2.75) is 54.1 Å². The van der Waals surface area contributed by atoms with Gasteiger partial charge in [0.15, 0.2) is 0 Å². The molecule has 70 valence electrons. The molecule has 0 fully saturated rings. The molecule has 0 heterocycles. The normalized spacial score (nSPS) is 10.9. The number of aliphatic hydroxyl groups excluding tert-OH is 1. The van der Waals surface area contributed by atoms with Crippen molar-refractivity contribution in [3.63, 3.8) is 0 Å². The van der Waals surface area contributed by atoms with Crippen LogP contribution in [0.5, 0.6) is 0 Å². The van der Waals surface area contributed by atoms with Gasteiger partial charge < -0.3 is 5.11 Å². The second-order valence-corrected chi connectivity index (χ2v) is 3.91. The molecule has 1 heteroatoms. The van der Waals surface area contributed by atoms with E-state index in [1.165, 1.54) is 0 Å². The highest BCUT2D eigenvalue weighted by Gasteiger charge is 2.07. The number of rotatable bonds is 4. The summed E-state index contributed by atoms with van der Waals surface area (Å²) in [6, 6.07) is 0. The van der Waals surface area contributed by atoms with Crippen molar-refractivity contribution in [2.75, 3.05) is 0 Å². The van der Waals surface area contributed by atoms with E-state index in [2.05, 4.69) is 27.7 Å². The van der Waals surface area contributed by atoms with Gasteiger partial charge in [-0.25, -0.2) is 0 Å². The smallest absolute Gasteiger partial charge is 0.0545 e. The summed E-state index contributed by atoms with van der Waals surface area (Å²) >= 11 is 0. The van der Waals surface area contributed by atoms with Crippen LogP contribution in [0.4, 0.5) is 0 Å². The van der Waals surface area contributed by atoms with Gasteiger partial charge in [0, 0.05) is 0 Å². The summed E-state index contributed by atoms with van der Waals surface area (Å²) in [4.78, 5) is 0. The summed E-state index contributed by atoms with van der Waals surface area (Å²) in [6.45, 7) is 8.57. The third-order valence-corrected chi connectivity index (χ3v) is 1.49. The first-order valence-corrected chi connectivity index (χ1v) is 4.20. The predicted molar refractivity (Wildman–Crippen MR) is 51.6 cm³/mol. The second kappa shape index (κ2) is 6.66. The Balaban J connectivity index is 0. The first-order chi connectivity index (χ1) is 4.52. The predicted octanol–water partition coefficient (Wildman–Crippen LogP) is 3.08. The zero-order chi connectivity index (χ0) is 8.15. The van der Waals surface area contributed by atoms with Gasteiger partial charge in [0.25, 0.3) is 0 Å². The maximum Gasteiger partial charge on any atom is 0.0545 e. The van der Waals surface area contributed by atoms with E-state index in [0.717, 1.165) is 12.8 Å². The van der Waals surface area contributed by atoms with Crippen LogP contribution >= 0.6 is 0 Å².